The van der Waals surface area contributed by atoms with E-state index in [9.17, 15) is 0 Å². The van der Waals surface area contributed by atoms with Crippen LogP contribution in [0.3, 0.4) is 0 Å². The molecular weight excluding hydrogens is 459 g/mol. The van der Waals surface area contributed by atoms with Gasteiger partial charge in [-0.05, 0) is 75.9 Å². The topological polar surface area (TPSA) is 0 Å². The van der Waals surface area contributed by atoms with Gasteiger partial charge in [-0.1, -0.05) is 70.4 Å². The summed E-state index contributed by atoms with van der Waals surface area (Å²) in [5.41, 5.74) is 7.30. The summed E-state index contributed by atoms with van der Waals surface area (Å²) in [6.45, 7) is 7.05. The Bertz CT molecular complexity index is 964. The number of aryl methyl sites for hydroxylation is 1. The molecule has 1 heterocycles. The number of rotatable bonds is 6. The number of unbranched alkanes of at least 4 members (excludes halogenated alkanes) is 3. The number of hydrogen-bond acceptors (Lipinski definition) is 1. The molecule has 0 spiro atoms. The Morgan fingerprint density at radius 3 is 2.52 bits per heavy atom. The van der Waals surface area contributed by atoms with Crippen molar-refractivity contribution < 1.29 is 0 Å². The molecule has 4 rings (SSSR count). The zero-order valence-corrected chi connectivity index (χ0v) is 19.4. The second-order valence-corrected chi connectivity index (χ2v) is 10.4. The van der Waals surface area contributed by atoms with Crippen LogP contribution in [0.4, 0.5) is 0 Å². The van der Waals surface area contributed by atoms with Gasteiger partial charge in [0.05, 0.1) is 0 Å². The third-order valence-electron chi connectivity index (χ3n) is 5.85. The van der Waals surface area contributed by atoms with E-state index >= 15 is 0 Å². The van der Waals surface area contributed by atoms with Crippen LogP contribution in [0.5, 0.6) is 0 Å². The van der Waals surface area contributed by atoms with Crippen molar-refractivity contribution in [3.05, 3.63) is 68.1 Å². The molecule has 0 nitrogen and oxygen atoms in total. The molecule has 0 unspecified atom stereocenters. The molecule has 0 saturated heterocycles. The fourth-order valence-electron chi connectivity index (χ4n) is 4.46. The van der Waals surface area contributed by atoms with Crippen LogP contribution in [0.1, 0.15) is 62.5 Å². The lowest BCUT2D eigenvalue weighted by atomic mass is 9.80. The Morgan fingerprint density at radius 1 is 0.889 bits per heavy atom. The molecule has 0 saturated carbocycles. The van der Waals surface area contributed by atoms with E-state index in [1.165, 1.54) is 73.2 Å². The molecule has 2 heteroatoms. The summed E-state index contributed by atoms with van der Waals surface area (Å²) in [6, 6.07) is 18.3. The van der Waals surface area contributed by atoms with Crippen molar-refractivity contribution in [2.24, 2.45) is 0 Å². The first-order chi connectivity index (χ1) is 13.0. The molecule has 1 aromatic heterocycles. The van der Waals surface area contributed by atoms with Gasteiger partial charge in [-0.2, -0.15) is 0 Å². The van der Waals surface area contributed by atoms with Gasteiger partial charge in [0.2, 0.25) is 0 Å². The summed E-state index contributed by atoms with van der Waals surface area (Å²) in [7, 11) is 0. The van der Waals surface area contributed by atoms with Gasteiger partial charge in [-0.25, -0.2) is 0 Å². The van der Waals surface area contributed by atoms with Gasteiger partial charge >= 0.3 is 0 Å². The molecular formula is C25H27IS. The van der Waals surface area contributed by atoms with Gasteiger partial charge in [0.1, 0.15) is 0 Å². The molecule has 0 bridgehead atoms. The van der Waals surface area contributed by atoms with Crippen molar-refractivity contribution in [3.63, 3.8) is 0 Å². The summed E-state index contributed by atoms with van der Waals surface area (Å²) in [5.74, 6) is 0. The molecule has 0 aliphatic heterocycles. The fourth-order valence-corrected chi connectivity index (χ4v) is 6.50. The summed E-state index contributed by atoms with van der Waals surface area (Å²) in [5, 5.41) is 0. The van der Waals surface area contributed by atoms with Gasteiger partial charge in [-0.15, -0.1) is 11.3 Å². The number of fused-ring (bicyclic) bond motifs is 3. The fraction of sp³-hybridized carbons (Fsp3) is 0.360. The van der Waals surface area contributed by atoms with Gasteiger partial charge < -0.3 is 0 Å². The minimum absolute atomic E-state index is 0.0493. The minimum atomic E-state index is 0.0493. The van der Waals surface area contributed by atoms with E-state index < -0.39 is 0 Å². The zero-order valence-electron chi connectivity index (χ0n) is 16.4. The van der Waals surface area contributed by atoms with E-state index in [2.05, 4.69) is 91.9 Å². The summed E-state index contributed by atoms with van der Waals surface area (Å²) in [6.07, 6.45) is 6.55. The number of hydrogen-bond donors (Lipinski definition) is 0. The smallest absolute Gasteiger partial charge is 0.0359 e. The van der Waals surface area contributed by atoms with Crippen molar-refractivity contribution in [3.8, 4) is 21.6 Å². The Hall–Kier alpha value is -1.13. The third-order valence-corrected chi connectivity index (χ3v) is 7.92. The Labute approximate surface area is 181 Å². The van der Waals surface area contributed by atoms with Crippen LogP contribution in [0.25, 0.3) is 21.6 Å². The first kappa shape index (κ1) is 19.2. The van der Waals surface area contributed by atoms with Crippen molar-refractivity contribution in [2.75, 3.05) is 0 Å². The maximum atomic E-state index is 2.53. The highest BCUT2D eigenvalue weighted by molar-refractivity contribution is 14.1. The summed E-state index contributed by atoms with van der Waals surface area (Å²) in [4.78, 5) is 2.96. The Balaban J connectivity index is 1.75. The van der Waals surface area contributed by atoms with Crippen LogP contribution >= 0.6 is 33.9 Å². The molecule has 3 aromatic rings. The van der Waals surface area contributed by atoms with Crippen LogP contribution in [-0.4, -0.2) is 0 Å². The van der Waals surface area contributed by atoms with E-state index in [1.54, 1.807) is 0 Å². The van der Waals surface area contributed by atoms with Crippen LogP contribution < -0.4 is 0 Å². The van der Waals surface area contributed by atoms with Crippen molar-refractivity contribution in [1.82, 2.24) is 0 Å². The first-order valence-corrected chi connectivity index (χ1v) is 12.0. The second kappa shape index (κ2) is 7.71. The molecule has 0 N–H and O–H groups in total. The van der Waals surface area contributed by atoms with E-state index in [0.717, 1.165) is 0 Å². The molecule has 0 atom stereocenters. The SMILES string of the molecule is CCCCCCc1ccc(-c2c(I)ccc3c2C(C)(C)c2ccccc2-3)s1. The van der Waals surface area contributed by atoms with Gasteiger partial charge in [0, 0.05) is 24.3 Å². The monoisotopic (exact) mass is 486 g/mol. The lowest BCUT2D eigenvalue weighted by Crippen LogP contribution is -2.16. The molecule has 0 amide bonds. The maximum absolute atomic E-state index is 2.53. The molecule has 2 aromatic carbocycles. The molecule has 0 fully saturated rings. The summed E-state index contributed by atoms with van der Waals surface area (Å²) >= 11 is 4.53. The minimum Gasteiger partial charge on any atom is -0.140 e. The lowest BCUT2D eigenvalue weighted by molar-refractivity contribution is 0.662. The van der Waals surface area contributed by atoms with Crippen molar-refractivity contribution >= 4 is 33.9 Å². The van der Waals surface area contributed by atoms with E-state index in [0.29, 0.717) is 0 Å². The number of halogens is 1. The number of benzene rings is 2. The van der Waals surface area contributed by atoms with Crippen LogP contribution in [0.15, 0.2) is 48.5 Å². The van der Waals surface area contributed by atoms with Crippen molar-refractivity contribution in [2.45, 2.75) is 58.3 Å². The highest BCUT2D eigenvalue weighted by atomic mass is 127. The Morgan fingerprint density at radius 2 is 1.70 bits per heavy atom. The van der Waals surface area contributed by atoms with E-state index in [4.69, 9.17) is 0 Å². The van der Waals surface area contributed by atoms with E-state index in [1.807, 2.05) is 11.3 Å². The summed E-state index contributed by atoms with van der Waals surface area (Å²) < 4.78 is 1.37. The quantitative estimate of drug-likeness (QED) is 0.242. The molecule has 140 valence electrons. The predicted molar refractivity (Wildman–Crippen MR) is 128 cm³/mol. The number of thiophene rings is 1. The Kier molecular flexibility index (Phi) is 5.48. The van der Waals surface area contributed by atoms with Crippen molar-refractivity contribution in [1.29, 1.82) is 0 Å². The van der Waals surface area contributed by atoms with Crippen LogP contribution in [0, 0.1) is 3.57 Å². The first-order valence-electron chi connectivity index (χ1n) is 10.1. The van der Waals surface area contributed by atoms with Gasteiger partial charge in [-0.3, -0.25) is 0 Å². The maximum Gasteiger partial charge on any atom is 0.0359 e. The predicted octanol–water partition coefficient (Wildman–Crippen LogP) is 8.45. The van der Waals surface area contributed by atoms with E-state index in [-0.39, 0.29) is 5.41 Å². The molecule has 0 radical (unpaired) electrons. The van der Waals surface area contributed by atoms with Gasteiger partial charge in [0.15, 0.2) is 0 Å². The normalized spacial score (nSPS) is 14.2. The average molecular weight is 486 g/mol. The van der Waals surface area contributed by atoms with Gasteiger partial charge in [0.25, 0.3) is 0 Å². The zero-order chi connectivity index (χ0) is 19.0. The second-order valence-electron chi connectivity index (χ2n) is 8.09. The highest BCUT2D eigenvalue weighted by Gasteiger charge is 2.38. The standard InChI is InChI=1S/C25H27IS/c1-4-5-6-7-10-17-13-16-22(27-17)23-21(26)15-14-19-18-11-8-9-12-20(18)25(2,3)24(19)23/h8-9,11-16H,4-7,10H2,1-3H3. The van der Waals surface area contributed by atoms with Crippen LogP contribution in [-0.2, 0) is 11.8 Å². The molecule has 27 heavy (non-hydrogen) atoms. The molecule has 1 aliphatic carbocycles. The highest BCUT2D eigenvalue weighted by Crippen LogP contribution is 2.53. The van der Waals surface area contributed by atoms with Crippen LogP contribution in [0.2, 0.25) is 0 Å². The lowest BCUT2D eigenvalue weighted by Gasteiger charge is -2.24. The average Bonchev–Trinajstić information content (AvgIpc) is 3.21. The molecule has 1 aliphatic rings. The largest absolute Gasteiger partial charge is 0.140 e. The third kappa shape index (κ3) is 3.40.